The Morgan fingerprint density at radius 3 is 2.31 bits per heavy atom. The smallest absolute Gasteiger partial charge is 0.408 e. The highest BCUT2D eigenvalue weighted by Gasteiger charge is 2.26. The third-order valence-electron chi connectivity index (χ3n) is 3.50. The van der Waals surface area contributed by atoms with Crippen LogP contribution in [0.3, 0.4) is 0 Å². The van der Waals surface area contributed by atoms with E-state index >= 15 is 0 Å². The zero-order chi connectivity index (χ0) is 19.3. The third-order valence-corrected chi connectivity index (χ3v) is 4.17. The lowest BCUT2D eigenvalue weighted by atomic mass is 10.1. The molecule has 0 spiro atoms. The van der Waals surface area contributed by atoms with Gasteiger partial charge in [0, 0.05) is 9.26 Å². The van der Waals surface area contributed by atoms with Crippen LogP contribution in [0, 0.1) is 10.5 Å². The lowest BCUT2D eigenvalue weighted by Crippen LogP contribution is -2.40. The lowest BCUT2D eigenvalue weighted by molar-refractivity contribution is -0.118. The van der Waals surface area contributed by atoms with E-state index in [1.807, 2.05) is 43.3 Å². The van der Waals surface area contributed by atoms with Crippen LogP contribution in [0.15, 0.2) is 48.5 Å². The molecular formula is C20H23IN2O3. The first-order chi connectivity index (χ1) is 12.2. The number of hydrogen-bond donors (Lipinski definition) is 2. The van der Waals surface area contributed by atoms with Crippen molar-refractivity contribution >= 4 is 40.3 Å². The minimum Gasteiger partial charge on any atom is -0.444 e. The fourth-order valence-corrected chi connectivity index (χ4v) is 2.99. The molecule has 2 aromatic rings. The van der Waals surface area contributed by atoms with Crippen molar-refractivity contribution in [1.82, 2.24) is 5.32 Å². The quantitative estimate of drug-likeness (QED) is 0.636. The SMILES string of the molecule is Cc1cc(I)ccc1NC(=O)[C@@H](NC(=O)OC(C)(C)C)c1ccccc1. The first-order valence-corrected chi connectivity index (χ1v) is 9.35. The molecule has 2 amide bonds. The van der Waals surface area contributed by atoms with Gasteiger partial charge in [-0.1, -0.05) is 30.3 Å². The molecule has 138 valence electrons. The zero-order valence-corrected chi connectivity index (χ0v) is 17.5. The summed E-state index contributed by atoms with van der Waals surface area (Å²) in [5.74, 6) is -0.327. The van der Waals surface area contributed by atoms with Crippen molar-refractivity contribution < 1.29 is 14.3 Å². The van der Waals surface area contributed by atoms with Crippen LogP contribution in [0.1, 0.15) is 37.9 Å². The molecule has 2 N–H and O–H groups in total. The van der Waals surface area contributed by atoms with E-state index in [2.05, 4.69) is 33.2 Å². The average Bonchev–Trinajstić information content (AvgIpc) is 2.54. The molecule has 0 aliphatic rings. The molecule has 0 unspecified atom stereocenters. The minimum absolute atomic E-state index is 0.327. The van der Waals surface area contributed by atoms with Gasteiger partial charge in [0.25, 0.3) is 5.91 Å². The van der Waals surface area contributed by atoms with Crippen molar-refractivity contribution in [3.05, 3.63) is 63.2 Å². The number of carbonyl (C=O) groups excluding carboxylic acids is 2. The molecule has 0 radical (unpaired) electrons. The van der Waals surface area contributed by atoms with E-state index in [0.717, 1.165) is 9.13 Å². The van der Waals surface area contributed by atoms with E-state index in [4.69, 9.17) is 4.74 Å². The molecule has 0 bridgehead atoms. The number of nitrogens with one attached hydrogen (secondary N) is 2. The van der Waals surface area contributed by atoms with Gasteiger partial charge in [0.2, 0.25) is 0 Å². The Labute approximate surface area is 167 Å². The number of alkyl carbamates (subject to hydrolysis) is 1. The van der Waals surface area contributed by atoms with Crippen LogP contribution in [0.2, 0.25) is 0 Å². The van der Waals surface area contributed by atoms with Crippen LogP contribution in [0.5, 0.6) is 0 Å². The second-order valence-corrected chi connectivity index (χ2v) is 8.18. The molecule has 2 aromatic carbocycles. The second-order valence-electron chi connectivity index (χ2n) is 6.94. The molecule has 0 aliphatic carbocycles. The molecule has 26 heavy (non-hydrogen) atoms. The van der Waals surface area contributed by atoms with Gasteiger partial charge in [-0.2, -0.15) is 0 Å². The number of hydrogen-bond acceptors (Lipinski definition) is 3. The summed E-state index contributed by atoms with van der Waals surface area (Å²) < 4.78 is 6.39. The van der Waals surface area contributed by atoms with E-state index in [1.54, 1.807) is 32.9 Å². The normalized spacial score (nSPS) is 12.2. The van der Waals surface area contributed by atoms with E-state index in [-0.39, 0.29) is 5.91 Å². The molecule has 0 aliphatic heterocycles. The number of carbonyl (C=O) groups is 2. The third kappa shape index (κ3) is 6.01. The van der Waals surface area contributed by atoms with Gasteiger partial charge in [0.05, 0.1) is 0 Å². The molecule has 1 atom stereocenters. The van der Waals surface area contributed by atoms with Crippen molar-refractivity contribution in [3.8, 4) is 0 Å². The highest BCUT2D eigenvalue weighted by molar-refractivity contribution is 14.1. The Bertz CT molecular complexity index is 785. The lowest BCUT2D eigenvalue weighted by Gasteiger charge is -2.24. The summed E-state index contributed by atoms with van der Waals surface area (Å²) >= 11 is 2.22. The fraction of sp³-hybridized carbons (Fsp3) is 0.300. The Morgan fingerprint density at radius 2 is 1.73 bits per heavy atom. The van der Waals surface area contributed by atoms with Crippen molar-refractivity contribution in [2.24, 2.45) is 0 Å². The van der Waals surface area contributed by atoms with Crippen molar-refractivity contribution in [2.75, 3.05) is 5.32 Å². The predicted octanol–water partition coefficient (Wildman–Crippen LogP) is 4.80. The molecule has 0 saturated carbocycles. The Kier molecular flexibility index (Phi) is 6.63. The van der Waals surface area contributed by atoms with E-state index in [9.17, 15) is 9.59 Å². The molecule has 5 nitrogen and oxygen atoms in total. The van der Waals surface area contributed by atoms with Crippen molar-refractivity contribution in [3.63, 3.8) is 0 Å². The molecule has 0 saturated heterocycles. The van der Waals surface area contributed by atoms with Crippen LogP contribution >= 0.6 is 22.6 Å². The maximum absolute atomic E-state index is 12.9. The van der Waals surface area contributed by atoms with Gasteiger partial charge in [-0.3, -0.25) is 4.79 Å². The van der Waals surface area contributed by atoms with Crippen LogP contribution in [0.4, 0.5) is 10.5 Å². The monoisotopic (exact) mass is 466 g/mol. The summed E-state index contributed by atoms with van der Waals surface area (Å²) in [7, 11) is 0. The number of benzene rings is 2. The Balaban J connectivity index is 2.22. The largest absolute Gasteiger partial charge is 0.444 e. The van der Waals surface area contributed by atoms with E-state index in [0.29, 0.717) is 11.3 Å². The number of aryl methyl sites for hydroxylation is 1. The van der Waals surface area contributed by atoms with Crippen LogP contribution in [0.25, 0.3) is 0 Å². The summed E-state index contributed by atoms with van der Waals surface area (Å²) in [6, 6.07) is 14.0. The summed E-state index contributed by atoms with van der Waals surface area (Å²) in [5, 5.41) is 5.56. The van der Waals surface area contributed by atoms with E-state index < -0.39 is 17.7 Å². The number of halogens is 1. The highest BCUT2D eigenvalue weighted by atomic mass is 127. The van der Waals surface area contributed by atoms with Crippen LogP contribution < -0.4 is 10.6 Å². The maximum Gasteiger partial charge on any atom is 0.408 e. The van der Waals surface area contributed by atoms with Crippen molar-refractivity contribution in [2.45, 2.75) is 39.3 Å². The number of rotatable bonds is 4. The zero-order valence-electron chi connectivity index (χ0n) is 15.3. The number of amides is 2. The fourth-order valence-electron chi connectivity index (χ4n) is 2.34. The predicted molar refractivity (Wildman–Crippen MR) is 111 cm³/mol. The van der Waals surface area contributed by atoms with Gasteiger partial charge >= 0.3 is 6.09 Å². The molecule has 2 rings (SSSR count). The topological polar surface area (TPSA) is 67.4 Å². The summed E-state index contributed by atoms with van der Waals surface area (Å²) in [4.78, 5) is 25.1. The van der Waals surface area contributed by atoms with E-state index in [1.165, 1.54) is 0 Å². The van der Waals surface area contributed by atoms with Crippen molar-refractivity contribution in [1.29, 1.82) is 0 Å². The first kappa shape index (κ1) is 20.2. The Morgan fingerprint density at radius 1 is 1.08 bits per heavy atom. The van der Waals surface area contributed by atoms with Gasteiger partial charge in [-0.25, -0.2) is 4.79 Å². The number of ether oxygens (including phenoxy) is 1. The first-order valence-electron chi connectivity index (χ1n) is 8.27. The van der Waals surface area contributed by atoms with Crippen LogP contribution in [-0.4, -0.2) is 17.6 Å². The average molecular weight is 466 g/mol. The maximum atomic E-state index is 12.9. The number of anilines is 1. The molecule has 0 aromatic heterocycles. The summed E-state index contributed by atoms with van der Waals surface area (Å²) in [6.07, 6.45) is -0.638. The van der Waals surface area contributed by atoms with Gasteiger partial charge < -0.3 is 15.4 Å². The van der Waals surface area contributed by atoms with Gasteiger partial charge in [0.15, 0.2) is 0 Å². The molecule has 0 heterocycles. The summed E-state index contributed by atoms with van der Waals surface area (Å²) in [6.45, 7) is 7.26. The van der Waals surface area contributed by atoms with Gasteiger partial charge in [-0.05, 0) is 79.6 Å². The minimum atomic E-state index is -0.857. The van der Waals surface area contributed by atoms with Gasteiger partial charge in [-0.15, -0.1) is 0 Å². The second kappa shape index (κ2) is 8.53. The standard InChI is InChI=1S/C20H23IN2O3/c1-13-12-15(21)10-11-16(13)22-18(24)17(14-8-6-5-7-9-14)23-19(25)26-20(2,3)4/h5-12,17H,1-4H3,(H,22,24)(H,23,25)/t17-/m0/s1. The van der Waals surface area contributed by atoms with Gasteiger partial charge in [0.1, 0.15) is 11.6 Å². The summed E-state index contributed by atoms with van der Waals surface area (Å²) in [5.41, 5.74) is 1.70. The Hall–Kier alpha value is -2.09. The molecule has 6 heteroatoms. The van der Waals surface area contributed by atoms with Crippen LogP contribution in [-0.2, 0) is 9.53 Å². The molecule has 0 fully saturated rings. The molecular weight excluding hydrogens is 443 g/mol. The highest BCUT2D eigenvalue weighted by Crippen LogP contribution is 2.21.